The Morgan fingerprint density at radius 1 is 0.793 bits per heavy atom. The van der Waals surface area contributed by atoms with Gasteiger partial charge in [-0.15, -0.1) is 0 Å². The molecule has 0 aliphatic rings. The van der Waals surface area contributed by atoms with Gasteiger partial charge in [0, 0.05) is 10.5 Å². The lowest BCUT2D eigenvalue weighted by Crippen LogP contribution is -2.01. The summed E-state index contributed by atoms with van der Waals surface area (Å²) < 4.78 is 9.32. The summed E-state index contributed by atoms with van der Waals surface area (Å²) in [5, 5.41) is 0. The maximum Gasteiger partial charge on any atom is 0.263 e. The summed E-state index contributed by atoms with van der Waals surface area (Å²) in [6.45, 7) is 4.18. The molecule has 29 heavy (non-hydrogen) atoms. The van der Waals surface area contributed by atoms with Gasteiger partial charge < -0.3 is 9.46 Å². The summed E-state index contributed by atoms with van der Waals surface area (Å²) in [5.41, 5.74) is 4.24. The van der Waals surface area contributed by atoms with E-state index in [-0.39, 0.29) is 0 Å². The first kappa shape index (κ1) is 19.0. The zero-order valence-electron chi connectivity index (χ0n) is 16.3. The molecule has 1 heterocycles. The quantitative estimate of drug-likeness (QED) is 0.367. The van der Waals surface area contributed by atoms with Gasteiger partial charge in [-0.25, -0.2) is 9.97 Å². The molecule has 0 radical (unpaired) electrons. The maximum absolute atomic E-state index is 6.00. The molecule has 0 saturated carbocycles. The molecule has 0 spiro atoms. The van der Waals surface area contributed by atoms with Crippen LogP contribution in [-0.4, -0.2) is 9.97 Å². The van der Waals surface area contributed by atoms with E-state index < -0.39 is 0 Å². The maximum atomic E-state index is 6.00. The number of aromatic nitrogens is 2. The Hall–Kier alpha value is -3.31. The molecule has 0 unspecified atom stereocenters. The average molecular weight is 400 g/mol. The largest absolute Gasteiger partial charge is 0.436 e. The summed E-state index contributed by atoms with van der Waals surface area (Å²) in [6.07, 6.45) is 1.77. The number of hydrogen-bond donors (Lipinski definition) is 1. The van der Waals surface area contributed by atoms with Crippen LogP contribution < -0.4 is 9.46 Å². The number of nitrogens with zero attached hydrogens (tertiary/aromatic N) is 2. The van der Waals surface area contributed by atoms with Gasteiger partial charge in [0.15, 0.2) is 0 Å². The van der Waals surface area contributed by atoms with Crippen molar-refractivity contribution in [3.63, 3.8) is 0 Å². The predicted molar refractivity (Wildman–Crippen MR) is 119 cm³/mol. The van der Waals surface area contributed by atoms with Gasteiger partial charge in [-0.3, -0.25) is 0 Å². The zero-order chi connectivity index (χ0) is 20.1. The molecule has 0 saturated heterocycles. The second-order valence-electron chi connectivity index (χ2n) is 6.61. The lowest BCUT2D eigenvalue weighted by molar-refractivity contribution is 0.463. The Morgan fingerprint density at radius 2 is 1.45 bits per heavy atom. The van der Waals surface area contributed by atoms with Crippen molar-refractivity contribution in [1.82, 2.24) is 9.97 Å². The van der Waals surface area contributed by atoms with Crippen molar-refractivity contribution in [2.45, 2.75) is 18.7 Å². The summed E-state index contributed by atoms with van der Waals surface area (Å²) in [6, 6.07) is 25.9. The van der Waals surface area contributed by atoms with E-state index in [0.717, 1.165) is 33.0 Å². The monoisotopic (exact) mass is 399 g/mol. The van der Waals surface area contributed by atoms with Gasteiger partial charge in [0.25, 0.3) is 5.88 Å². The van der Waals surface area contributed by atoms with E-state index in [0.29, 0.717) is 11.7 Å². The van der Waals surface area contributed by atoms with Crippen molar-refractivity contribution in [2.24, 2.45) is 0 Å². The molecule has 0 bridgehead atoms. The molecule has 0 fully saturated rings. The Labute approximate surface area is 175 Å². The highest BCUT2D eigenvalue weighted by Gasteiger charge is 2.14. The number of aryl methyl sites for hydroxylation is 2. The van der Waals surface area contributed by atoms with Crippen molar-refractivity contribution in [2.75, 3.05) is 4.72 Å². The molecule has 4 aromatic rings. The highest BCUT2D eigenvalue weighted by Crippen LogP contribution is 2.33. The van der Waals surface area contributed by atoms with Gasteiger partial charge in [-0.2, -0.15) is 0 Å². The molecule has 4 rings (SSSR count). The molecular weight excluding hydrogens is 378 g/mol. The van der Waals surface area contributed by atoms with Crippen LogP contribution in [0, 0.1) is 13.8 Å². The van der Waals surface area contributed by atoms with Crippen LogP contribution in [0.25, 0.3) is 11.3 Å². The molecule has 1 aromatic heterocycles. The minimum atomic E-state index is 0.439. The lowest BCUT2D eigenvalue weighted by Gasteiger charge is -2.14. The Morgan fingerprint density at radius 3 is 2.14 bits per heavy atom. The number of hydrogen-bond acceptors (Lipinski definition) is 5. The van der Waals surface area contributed by atoms with Crippen LogP contribution in [0.4, 0.5) is 5.82 Å². The minimum absolute atomic E-state index is 0.439. The average Bonchev–Trinajstić information content (AvgIpc) is 2.75. The van der Waals surface area contributed by atoms with Crippen LogP contribution in [0.1, 0.15) is 11.1 Å². The summed E-state index contributed by atoms with van der Waals surface area (Å²) in [5.74, 6) is 1.74. The Kier molecular flexibility index (Phi) is 5.77. The third-order valence-corrected chi connectivity index (χ3v) is 5.25. The minimum Gasteiger partial charge on any atom is -0.436 e. The second kappa shape index (κ2) is 8.80. The topological polar surface area (TPSA) is 47.0 Å². The number of benzene rings is 3. The van der Waals surface area contributed by atoms with Crippen LogP contribution in [0.3, 0.4) is 0 Å². The van der Waals surface area contributed by atoms with Crippen molar-refractivity contribution in [3.05, 3.63) is 96.2 Å². The Balaban J connectivity index is 1.70. The second-order valence-corrected chi connectivity index (χ2v) is 7.49. The van der Waals surface area contributed by atoms with E-state index in [1.807, 2.05) is 60.7 Å². The number of anilines is 1. The molecule has 5 heteroatoms. The third-order valence-electron chi connectivity index (χ3n) is 4.44. The molecule has 0 aliphatic heterocycles. The molecule has 0 atom stereocenters. The van der Waals surface area contributed by atoms with E-state index in [4.69, 9.17) is 9.72 Å². The van der Waals surface area contributed by atoms with Crippen molar-refractivity contribution in [1.29, 1.82) is 0 Å². The number of ether oxygens (including phenoxy) is 1. The van der Waals surface area contributed by atoms with E-state index in [9.17, 15) is 0 Å². The fraction of sp³-hybridized carbons (Fsp3) is 0.0833. The SMILES string of the molecule is Cc1cccc(C)c1-c1cnc(Oc2ccccc2)c(NSc2ccccc2)n1. The van der Waals surface area contributed by atoms with Gasteiger partial charge in [0.1, 0.15) is 5.75 Å². The van der Waals surface area contributed by atoms with Crippen LogP contribution in [0.5, 0.6) is 11.6 Å². The van der Waals surface area contributed by atoms with E-state index in [2.05, 4.69) is 41.8 Å². The molecule has 1 N–H and O–H groups in total. The third kappa shape index (κ3) is 4.58. The van der Waals surface area contributed by atoms with E-state index in [1.165, 1.54) is 11.9 Å². The van der Waals surface area contributed by atoms with Crippen molar-refractivity contribution >= 4 is 17.8 Å². The van der Waals surface area contributed by atoms with Crippen LogP contribution >= 0.6 is 11.9 Å². The summed E-state index contributed by atoms with van der Waals surface area (Å²) >= 11 is 1.48. The first-order chi connectivity index (χ1) is 14.2. The van der Waals surface area contributed by atoms with Gasteiger partial charge in [-0.05, 0) is 61.2 Å². The summed E-state index contributed by atoms with van der Waals surface area (Å²) in [4.78, 5) is 10.5. The molecule has 0 aliphatic carbocycles. The predicted octanol–water partition coefficient (Wildman–Crippen LogP) is 6.67. The molecule has 0 amide bonds. The normalized spacial score (nSPS) is 10.6. The van der Waals surface area contributed by atoms with Gasteiger partial charge in [0.05, 0.1) is 11.9 Å². The van der Waals surface area contributed by atoms with Crippen molar-refractivity contribution < 1.29 is 4.74 Å². The van der Waals surface area contributed by atoms with Crippen molar-refractivity contribution in [3.8, 4) is 22.9 Å². The molecule has 3 aromatic carbocycles. The number of nitrogens with one attached hydrogen (secondary N) is 1. The van der Waals surface area contributed by atoms with Crippen LogP contribution in [0.15, 0.2) is 90.0 Å². The van der Waals surface area contributed by atoms with E-state index in [1.54, 1.807) is 6.20 Å². The first-order valence-electron chi connectivity index (χ1n) is 9.35. The molecule has 4 nitrogen and oxygen atoms in total. The molecule has 144 valence electrons. The van der Waals surface area contributed by atoms with Crippen LogP contribution in [-0.2, 0) is 0 Å². The molecular formula is C24H21N3OS. The number of rotatable bonds is 6. The lowest BCUT2D eigenvalue weighted by atomic mass is 10.0. The van der Waals surface area contributed by atoms with Gasteiger partial charge >= 0.3 is 0 Å². The van der Waals surface area contributed by atoms with Crippen LogP contribution in [0.2, 0.25) is 0 Å². The highest BCUT2D eigenvalue weighted by atomic mass is 32.2. The van der Waals surface area contributed by atoms with Gasteiger partial charge in [-0.1, -0.05) is 54.6 Å². The number of para-hydroxylation sites is 1. The smallest absolute Gasteiger partial charge is 0.263 e. The van der Waals surface area contributed by atoms with Gasteiger partial charge in [0.2, 0.25) is 5.82 Å². The Bertz CT molecular complexity index is 1080. The zero-order valence-corrected chi connectivity index (χ0v) is 17.1. The standard InChI is InChI=1S/C24H21N3OS/c1-17-10-9-11-18(2)22(17)21-16-25-24(28-19-12-5-3-6-13-19)23(26-21)27-29-20-14-7-4-8-15-20/h3-16H,1-2H3,(H,26,27). The van der Waals surface area contributed by atoms with E-state index >= 15 is 0 Å². The fourth-order valence-corrected chi connectivity index (χ4v) is 3.69. The first-order valence-corrected chi connectivity index (χ1v) is 10.2. The highest BCUT2D eigenvalue weighted by molar-refractivity contribution is 8.00. The fourth-order valence-electron chi connectivity index (χ4n) is 3.05. The summed E-state index contributed by atoms with van der Waals surface area (Å²) in [7, 11) is 0.